The number of nitrogens with two attached hydrogens (primary N) is 1. The van der Waals surface area contributed by atoms with Crippen LogP contribution in [0.15, 0.2) is 24.3 Å². The van der Waals surface area contributed by atoms with E-state index in [1.165, 1.54) is 0 Å². The van der Waals surface area contributed by atoms with Crippen molar-refractivity contribution in [2.75, 3.05) is 18.1 Å². The molecule has 0 heterocycles. The van der Waals surface area contributed by atoms with Crippen LogP contribution in [0.1, 0.15) is 22.8 Å². The number of benzene rings is 1. The quantitative estimate of drug-likeness (QED) is 0.698. The maximum absolute atomic E-state index is 11.3. The molecule has 0 atom stereocenters. The molecule has 0 aliphatic heterocycles. The largest absolute Gasteiger partial charge is 0.366 e. The molecule has 0 fully saturated rings. The molecule has 0 radical (unpaired) electrons. The molecular formula is C12H18N2O3S. The van der Waals surface area contributed by atoms with E-state index in [0.717, 1.165) is 5.56 Å². The average molecular weight is 270 g/mol. The van der Waals surface area contributed by atoms with Crippen LogP contribution < -0.4 is 11.1 Å². The highest BCUT2D eigenvalue weighted by atomic mass is 32.2. The predicted octanol–water partition coefficient (Wildman–Crippen LogP) is 0.310. The number of hydrogen-bond donors (Lipinski definition) is 2. The summed E-state index contributed by atoms with van der Waals surface area (Å²) in [4.78, 5) is 11.0. The molecule has 0 unspecified atom stereocenters. The van der Waals surface area contributed by atoms with Gasteiger partial charge in [0.2, 0.25) is 5.91 Å². The third-order valence-electron chi connectivity index (χ3n) is 2.57. The van der Waals surface area contributed by atoms with Gasteiger partial charge in [-0.15, -0.1) is 0 Å². The zero-order valence-electron chi connectivity index (χ0n) is 10.3. The van der Waals surface area contributed by atoms with E-state index >= 15 is 0 Å². The Labute approximate surface area is 107 Å². The van der Waals surface area contributed by atoms with Crippen molar-refractivity contribution in [1.29, 1.82) is 0 Å². The predicted molar refractivity (Wildman–Crippen MR) is 71.0 cm³/mol. The van der Waals surface area contributed by atoms with Crippen LogP contribution in [-0.4, -0.2) is 32.4 Å². The van der Waals surface area contributed by atoms with E-state index in [1.807, 2.05) is 6.07 Å². The van der Waals surface area contributed by atoms with E-state index in [9.17, 15) is 13.2 Å². The van der Waals surface area contributed by atoms with E-state index < -0.39 is 15.7 Å². The van der Waals surface area contributed by atoms with Crippen molar-refractivity contribution in [3.05, 3.63) is 35.4 Å². The third kappa shape index (κ3) is 4.85. The summed E-state index contributed by atoms with van der Waals surface area (Å²) >= 11 is 0. The lowest BCUT2D eigenvalue weighted by molar-refractivity contribution is 0.1000. The Hall–Kier alpha value is -1.40. The lowest BCUT2D eigenvalue weighted by Gasteiger charge is -2.06. The first kappa shape index (κ1) is 14.7. The van der Waals surface area contributed by atoms with Crippen LogP contribution in [-0.2, 0) is 16.4 Å². The van der Waals surface area contributed by atoms with Gasteiger partial charge in [0.1, 0.15) is 0 Å². The number of carbonyl (C=O) groups excluding carboxylic acids is 1. The zero-order chi connectivity index (χ0) is 13.6. The lowest BCUT2D eigenvalue weighted by Crippen LogP contribution is -2.23. The van der Waals surface area contributed by atoms with Crippen LogP contribution in [0.25, 0.3) is 0 Å². The number of nitrogens with one attached hydrogen (secondary N) is 1. The molecule has 0 bridgehead atoms. The maximum Gasteiger partial charge on any atom is 0.248 e. The molecule has 1 aromatic rings. The number of rotatable bonds is 7. The number of hydrogen-bond acceptors (Lipinski definition) is 4. The van der Waals surface area contributed by atoms with Crippen LogP contribution in [0.5, 0.6) is 0 Å². The Morgan fingerprint density at radius 2 is 2.11 bits per heavy atom. The summed E-state index contributed by atoms with van der Waals surface area (Å²) in [6, 6.07) is 6.95. The van der Waals surface area contributed by atoms with Gasteiger partial charge in [-0.3, -0.25) is 4.79 Å². The van der Waals surface area contributed by atoms with Gasteiger partial charge in [-0.05, 0) is 17.7 Å². The molecule has 5 nitrogen and oxygen atoms in total. The Bertz CT molecular complexity index is 512. The van der Waals surface area contributed by atoms with E-state index in [0.29, 0.717) is 18.7 Å². The first-order chi connectivity index (χ1) is 8.44. The molecule has 18 heavy (non-hydrogen) atoms. The molecule has 100 valence electrons. The van der Waals surface area contributed by atoms with Gasteiger partial charge >= 0.3 is 0 Å². The highest BCUT2D eigenvalue weighted by Crippen LogP contribution is 2.04. The first-order valence-electron chi connectivity index (χ1n) is 5.74. The zero-order valence-corrected chi connectivity index (χ0v) is 11.2. The SMILES string of the molecule is CCS(=O)(=O)CCNCc1cccc(C(N)=O)c1. The summed E-state index contributed by atoms with van der Waals surface area (Å²) in [5.74, 6) is -0.185. The Kier molecular flexibility index (Phi) is 5.30. The van der Waals surface area contributed by atoms with Crippen molar-refractivity contribution in [3.63, 3.8) is 0 Å². The molecule has 1 aromatic carbocycles. The minimum Gasteiger partial charge on any atom is -0.366 e. The van der Waals surface area contributed by atoms with Crippen molar-refractivity contribution in [2.45, 2.75) is 13.5 Å². The van der Waals surface area contributed by atoms with Gasteiger partial charge < -0.3 is 11.1 Å². The topological polar surface area (TPSA) is 89.3 Å². The molecule has 6 heteroatoms. The summed E-state index contributed by atoms with van der Waals surface area (Å²) in [7, 11) is -2.93. The molecule has 3 N–H and O–H groups in total. The monoisotopic (exact) mass is 270 g/mol. The van der Waals surface area contributed by atoms with Crippen LogP contribution in [0.4, 0.5) is 0 Å². The average Bonchev–Trinajstić information content (AvgIpc) is 2.35. The summed E-state index contributed by atoms with van der Waals surface area (Å²) in [5.41, 5.74) is 6.53. The van der Waals surface area contributed by atoms with Crippen molar-refractivity contribution in [2.24, 2.45) is 5.73 Å². The fourth-order valence-corrected chi connectivity index (χ4v) is 2.18. The molecular weight excluding hydrogens is 252 g/mol. The Balaban J connectivity index is 2.45. The molecule has 0 aliphatic carbocycles. The van der Waals surface area contributed by atoms with Crippen LogP contribution >= 0.6 is 0 Å². The smallest absolute Gasteiger partial charge is 0.248 e. The second kappa shape index (κ2) is 6.51. The van der Waals surface area contributed by atoms with Gasteiger partial charge in [-0.1, -0.05) is 19.1 Å². The van der Waals surface area contributed by atoms with Crippen molar-refractivity contribution < 1.29 is 13.2 Å². The first-order valence-corrected chi connectivity index (χ1v) is 7.56. The minimum absolute atomic E-state index is 0.124. The van der Waals surface area contributed by atoms with E-state index in [-0.39, 0.29) is 11.5 Å². The highest BCUT2D eigenvalue weighted by molar-refractivity contribution is 7.91. The van der Waals surface area contributed by atoms with Gasteiger partial charge in [0.15, 0.2) is 9.84 Å². The summed E-state index contributed by atoms with van der Waals surface area (Å²) < 4.78 is 22.5. The summed E-state index contributed by atoms with van der Waals surface area (Å²) in [5, 5.41) is 3.03. The lowest BCUT2D eigenvalue weighted by atomic mass is 10.1. The fourth-order valence-electron chi connectivity index (χ4n) is 1.44. The number of carbonyl (C=O) groups is 1. The van der Waals surface area contributed by atoms with Gasteiger partial charge in [0.25, 0.3) is 0 Å². The number of primary amides is 1. The summed E-state index contributed by atoms with van der Waals surface area (Å²) in [6.07, 6.45) is 0. The van der Waals surface area contributed by atoms with Crippen LogP contribution in [0, 0.1) is 0 Å². The third-order valence-corrected chi connectivity index (χ3v) is 4.28. The second-order valence-corrected chi connectivity index (χ2v) is 6.45. The van der Waals surface area contributed by atoms with Crippen LogP contribution in [0.3, 0.4) is 0 Å². The molecule has 1 amide bonds. The molecule has 0 spiro atoms. The van der Waals surface area contributed by atoms with E-state index in [1.54, 1.807) is 25.1 Å². The van der Waals surface area contributed by atoms with Gasteiger partial charge in [0, 0.05) is 24.4 Å². The summed E-state index contributed by atoms with van der Waals surface area (Å²) in [6.45, 7) is 2.54. The normalized spacial score (nSPS) is 11.4. The van der Waals surface area contributed by atoms with Crippen LogP contribution in [0.2, 0.25) is 0 Å². The number of amides is 1. The Morgan fingerprint density at radius 1 is 1.39 bits per heavy atom. The molecule has 0 saturated heterocycles. The van der Waals surface area contributed by atoms with E-state index in [4.69, 9.17) is 5.73 Å². The fraction of sp³-hybridized carbons (Fsp3) is 0.417. The molecule has 0 aliphatic rings. The molecule has 1 rings (SSSR count). The Morgan fingerprint density at radius 3 is 2.72 bits per heavy atom. The second-order valence-electron chi connectivity index (χ2n) is 3.98. The molecule has 0 aromatic heterocycles. The minimum atomic E-state index is -2.93. The molecule has 0 saturated carbocycles. The van der Waals surface area contributed by atoms with Gasteiger partial charge in [-0.25, -0.2) is 8.42 Å². The van der Waals surface area contributed by atoms with Gasteiger partial charge in [0.05, 0.1) is 5.75 Å². The van der Waals surface area contributed by atoms with Crippen molar-refractivity contribution >= 4 is 15.7 Å². The maximum atomic E-state index is 11.3. The standard InChI is InChI=1S/C12H18N2O3S/c1-2-18(16,17)7-6-14-9-10-4-3-5-11(8-10)12(13)15/h3-5,8,14H,2,6-7,9H2,1H3,(H2,13,15). The highest BCUT2D eigenvalue weighted by Gasteiger charge is 2.06. The number of sulfone groups is 1. The van der Waals surface area contributed by atoms with Gasteiger partial charge in [-0.2, -0.15) is 0 Å². The van der Waals surface area contributed by atoms with E-state index in [2.05, 4.69) is 5.32 Å². The van der Waals surface area contributed by atoms with Crippen molar-refractivity contribution in [1.82, 2.24) is 5.32 Å². The van der Waals surface area contributed by atoms with Crippen molar-refractivity contribution in [3.8, 4) is 0 Å².